The lowest BCUT2D eigenvalue weighted by Crippen LogP contribution is -2.55. The Morgan fingerprint density at radius 3 is 2.92 bits per heavy atom. The third-order valence-electron chi connectivity index (χ3n) is 3.81. The van der Waals surface area contributed by atoms with E-state index in [-0.39, 0.29) is 17.1 Å². The molecule has 0 saturated carbocycles. The summed E-state index contributed by atoms with van der Waals surface area (Å²) in [5.74, 6) is -1.14. The van der Waals surface area contributed by atoms with E-state index in [0.29, 0.717) is 5.01 Å². The van der Waals surface area contributed by atoms with Crippen LogP contribution in [0.2, 0.25) is 5.02 Å². The van der Waals surface area contributed by atoms with Gasteiger partial charge in [0, 0.05) is 24.3 Å². The summed E-state index contributed by atoms with van der Waals surface area (Å²) in [6.45, 7) is 0. The van der Waals surface area contributed by atoms with Crippen molar-refractivity contribution in [2.45, 2.75) is 18.5 Å². The van der Waals surface area contributed by atoms with Crippen LogP contribution in [0.5, 0.6) is 0 Å². The zero-order valence-electron chi connectivity index (χ0n) is 12.9. The molecule has 0 spiro atoms. The smallest absolute Gasteiger partial charge is 0.280 e. The average molecular weight is 405 g/mol. The number of anilines is 1. The second kappa shape index (κ2) is 6.96. The molecular weight excluding hydrogens is 391 g/mol. The van der Waals surface area contributed by atoms with Gasteiger partial charge >= 0.3 is 0 Å². The van der Waals surface area contributed by atoms with Crippen molar-refractivity contribution in [3.63, 3.8) is 0 Å². The first-order valence-electron chi connectivity index (χ1n) is 7.18. The summed E-state index contributed by atoms with van der Waals surface area (Å²) in [6, 6.07) is 2.22. The number of hydrogen-bond acceptors (Lipinski definition) is 5. The number of nitrogens with one attached hydrogen (secondary N) is 2. The van der Waals surface area contributed by atoms with Crippen LogP contribution in [0.4, 0.5) is 10.1 Å². The molecule has 1 amide bonds. The van der Waals surface area contributed by atoms with E-state index in [0.717, 1.165) is 10.4 Å². The summed E-state index contributed by atoms with van der Waals surface area (Å²) >= 11 is 7.00. The van der Waals surface area contributed by atoms with Crippen molar-refractivity contribution in [3.05, 3.63) is 45.6 Å². The number of halogens is 2. The molecule has 1 saturated heterocycles. The van der Waals surface area contributed by atoms with Gasteiger partial charge in [-0.1, -0.05) is 11.6 Å². The van der Waals surface area contributed by atoms with E-state index in [1.807, 2.05) is 0 Å². The monoisotopic (exact) mass is 404 g/mol. The van der Waals surface area contributed by atoms with Crippen molar-refractivity contribution in [3.8, 4) is 0 Å². The lowest BCUT2D eigenvalue weighted by Gasteiger charge is -2.35. The van der Waals surface area contributed by atoms with Gasteiger partial charge in [0.25, 0.3) is 10.2 Å². The van der Waals surface area contributed by atoms with Crippen LogP contribution >= 0.6 is 22.9 Å². The first-order valence-corrected chi connectivity index (χ1v) is 9.88. The van der Waals surface area contributed by atoms with Crippen molar-refractivity contribution < 1.29 is 17.6 Å². The van der Waals surface area contributed by atoms with Crippen molar-refractivity contribution >= 4 is 44.7 Å². The lowest BCUT2D eigenvalue weighted by molar-refractivity contribution is -0.120. The molecule has 134 valence electrons. The number of carbonyl (C=O) groups excluding carboxylic acids is 1. The van der Waals surface area contributed by atoms with Gasteiger partial charge < -0.3 is 5.32 Å². The lowest BCUT2D eigenvalue weighted by atomic mass is 10.1. The third-order valence-corrected chi connectivity index (χ3v) is 6.58. The second-order valence-corrected chi connectivity index (χ2v) is 8.53. The Balaban J connectivity index is 1.83. The number of amides is 1. The molecule has 1 aromatic carbocycles. The SMILES string of the molecule is CN1[C@H](C(=O)Nc2ccc(F)c(Cl)c2)C[C@H](c2nccs2)NS1(=O)=O. The highest BCUT2D eigenvalue weighted by Crippen LogP contribution is 2.29. The summed E-state index contributed by atoms with van der Waals surface area (Å²) in [5.41, 5.74) is 0.284. The van der Waals surface area contributed by atoms with Crippen LogP contribution in [0.25, 0.3) is 0 Å². The fourth-order valence-electron chi connectivity index (χ4n) is 2.48. The molecule has 11 heteroatoms. The van der Waals surface area contributed by atoms with Crippen LogP contribution in [-0.4, -0.2) is 36.7 Å². The van der Waals surface area contributed by atoms with Crippen molar-refractivity contribution in [1.29, 1.82) is 0 Å². The van der Waals surface area contributed by atoms with E-state index in [2.05, 4.69) is 15.0 Å². The summed E-state index contributed by atoms with van der Waals surface area (Å²) in [4.78, 5) is 16.7. The van der Waals surface area contributed by atoms with E-state index in [4.69, 9.17) is 11.6 Å². The maximum Gasteiger partial charge on any atom is 0.280 e. The molecule has 1 aliphatic rings. The van der Waals surface area contributed by atoms with Crippen LogP contribution in [0.1, 0.15) is 17.5 Å². The molecule has 3 rings (SSSR count). The molecular formula is C14H14ClFN4O3S2. The van der Waals surface area contributed by atoms with Crippen molar-refractivity contribution in [1.82, 2.24) is 14.0 Å². The Hall–Kier alpha value is -1.59. The highest BCUT2D eigenvalue weighted by atomic mass is 35.5. The average Bonchev–Trinajstić information content (AvgIpc) is 3.07. The Morgan fingerprint density at radius 1 is 1.52 bits per heavy atom. The fraction of sp³-hybridized carbons (Fsp3) is 0.286. The number of likely N-dealkylation sites (N-methyl/N-ethyl adjacent to an activating group) is 1. The topological polar surface area (TPSA) is 91.4 Å². The summed E-state index contributed by atoms with van der Waals surface area (Å²) < 4.78 is 41.3. The first-order chi connectivity index (χ1) is 11.8. The highest BCUT2D eigenvalue weighted by Gasteiger charge is 2.41. The van der Waals surface area contributed by atoms with Gasteiger partial charge in [-0.15, -0.1) is 11.3 Å². The maximum atomic E-state index is 13.2. The predicted octanol–water partition coefficient (Wildman–Crippen LogP) is 2.15. The Kier molecular flexibility index (Phi) is 5.07. The minimum Gasteiger partial charge on any atom is -0.325 e. The molecule has 0 unspecified atom stereocenters. The minimum atomic E-state index is -3.83. The van der Waals surface area contributed by atoms with Gasteiger partial charge in [-0.25, -0.2) is 9.37 Å². The van der Waals surface area contributed by atoms with Crippen LogP contribution < -0.4 is 10.0 Å². The summed E-state index contributed by atoms with van der Waals surface area (Å²) in [6.07, 6.45) is 1.78. The van der Waals surface area contributed by atoms with E-state index >= 15 is 0 Å². The zero-order valence-corrected chi connectivity index (χ0v) is 15.3. The molecule has 0 aliphatic carbocycles. The molecule has 0 bridgehead atoms. The molecule has 2 atom stereocenters. The van der Waals surface area contributed by atoms with Gasteiger partial charge in [0.15, 0.2) is 0 Å². The van der Waals surface area contributed by atoms with E-state index in [1.165, 1.54) is 30.5 Å². The van der Waals surface area contributed by atoms with Gasteiger partial charge in [-0.05, 0) is 24.6 Å². The molecule has 1 aliphatic heterocycles. The van der Waals surface area contributed by atoms with Gasteiger partial charge in [-0.3, -0.25) is 4.79 Å². The largest absolute Gasteiger partial charge is 0.325 e. The number of nitrogens with zero attached hydrogens (tertiary/aromatic N) is 2. The number of benzene rings is 1. The molecule has 25 heavy (non-hydrogen) atoms. The molecule has 2 aromatic rings. The number of thiazole rings is 1. The number of hydrogen-bond donors (Lipinski definition) is 2. The molecule has 0 radical (unpaired) electrons. The Bertz CT molecular complexity index is 891. The Labute approximate surface area is 153 Å². The van der Waals surface area contributed by atoms with Crippen molar-refractivity contribution in [2.24, 2.45) is 0 Å². The molecule has 1 fully saturated rings. The molecule has 2 N–H and O–H groups in total. The zero-order chi connectivity index (χ0) is 18.2. The van der Waals surface area contributed by atoms with Gasteiger partial charge in [-0.2, -0.15) is 17.4 Å². The van der Waals surface area contributed by atoms with Crippen LogP contribution in [0.3, 0.4) is 0 Å². The summed E-state index contributed by atoms with van der Waals surface area (Å²) in [7, 11) is -2.51. The third kappa shape index (κ3) is 3.82. The quantitative estimate of drug-likeness (QED) is 0.820. The van der Waals surface area contributed by atoms with Crippen LogP contribution in [-0.2, 0) is 15.0 Å². The maximum absolute atomic E-state index is 13.2. The predicted molar refractivity (Wildman–Crippen MR) is 93.1 cm³/mol. The van der Waals surface area contributed by atoms with Gasteiger partial charge in [0.1, 0.15) is 16.9 Å². The van der Waals surface area contributed by atoms with Crippen LogP contribution in [0.15, 0.2) is 29.8 Å². The van der Waals surface area contributed by atoms with E-state index in [1.54, 1.807) is 11.6 Å². The van der Waals surface area contributed by atoms with Crippen LogP contribution in [0, 0.1) is 5.82 Å². The van der Waals surface area contributed by atoms with Gasteiger partial charge in [0.2, 0.25) is 5.91 Å². The van der Waals surface area contributed by atoms with E-state index < -0.39 is 34.0 Å². The molecule has 1 aromatic heterocycles. The second-order valence-electron chi connectivity index (χ2n) is 5.43. The van der Waals surface area contributed by atoms with E-state index in [9.17, 15) is 17.6 Å². The number of aromatic nitrogens is 1. The Morgan fingerprint density at radius 2 is 2.28 bits per heavy atom. The van der Waals surface area contributed by atoms with Crippen molar-refractivity contribution in [2.75, 3.05) is 12.4 Å². The molecule has 7 nitrogen and oxygen atoms in total. The number of carbonyl (C=O) groups is 1. The first kappa shape index (κ1) is 18.2. The highest BCUT2D eigenvalue weighted by molar-refractivity contribution is 7.87. The summed E-state index contributed by atoms with van der Waals surface area (Å²) in [5, 5.41) is 4.75. The fourth-order valence-corrected chi connectivity index (χ4v) is 4.69. The standard InChI is InChI=1S/C14H14ClFN4O3S2/c1-20-12(13(21)18-8-2-3-10(16)9(15)6-8)7-11(19-25(20,22)23)14-17-4-5-24-14/h2-6,11-12,19H,7H2,1H3,(H,18,21)/t11-,12+/m1/s1. The minimum absolute atomic E-state index is 0.134. The normalized spacial score (nSPS) is 23.3. The number of rotatable bonds is 3. The van der Waals surface area contributed by atoms with Gasteiger partial charge in [0.05, 0.1) is 11.1 Å². The molecule has 2 heterocycles.